The molecular formula is C14H22N4O. The SMILES string of the molecule is CCC1CCC(CNc2ccc(C(N)=O)nn2)CC1. The average Bonchev–Trinajstić information content (AvgIpc) is 2.46. The van der Waals surface area contributed by atoms with E-state index in [1.807, 2.05) is 0 Å². The van der Waals surface area contributed by atoms with Gasteiger partial charge in [-0.25, -0.2) is 0 Å². The molecule has 1 saturated carbocycles. The smallest absolute Gasteiger partial charge is 0.269 e. The third-order valence-electron chi connectivity index (χ3n) is 4.03. The number of nitrogens with two attached hydrogens (primary N) is 1. The van der Waals surface area contributed by atoms with Crippen molar-refractivity contribution >= 4 is 11.7 Å². The van der Waals surface area contributed by atoms with Crippen LogP contribution in [0.1, 0.15) is 49.5 Å². The fourth-order valence-corrected chi connectivity index (χ4v) is 2.65. The van der Waals surface area contributed by atoms with Gasteiger partial charge in [0.15, 0.2) is 5.69 Å². The van der Waals surface area contributed by atoms with Crippen LogP contribution in [0.3, 0.4) is 0 Å². The van der Waals surface area contributed by atoms with Gasteiger partial charge in [-0.2, -0.15) is 0 Å². The fraction of sp³-hybridized carbons (Fsp3) is 0.643. The maximum absolute atomic E-state index is 10.9. The molecule has 0 saturated heterocycles. The second-order valence-corrected chi connectivity index (χ2v) is 5.34. The predicted octanol–water partition coefficient (Wildman–Crippen LogP) is 2.20. The minimum absolute atomic E-state index is 0.203. The van der Waals surface area contributed by atoms with Gasteiger partial charge in [-0.05, 0) is 36.8 Å². The Balaban J connectivity index is 1.78. The van der Waals surface area contributed by atoms with Crippen molar-refractivity contribution in [1.82, 2.24) is 10.2 Å². The summed E-state index contributed by atoms with van der Waals surface area (Å²) in [5.74, 6) is 1.81. The van der Waals surface area contributed by atoms with E-state index in [-0.39, 0.29) is 5.69 Å². The summed E-state index contributed by atoms with van der Waals surface area (Å²) in [6.45, 7) is 3.21. The Bertz CT molecular complexity index is 410. The predicted molar refractivity (Wildman–Crippen MR) is 74.8 cm³/mol. The van der Waals surface area contributed by atoms with Crippen LogP contribution in [0, 0.1) is 11.8 Å². The lowest BCUT2D eigenvalue weighted by molar-refractivity contribution is 0.0994. The van der Waals surface area contributed by atoms with E-state index in [0.29, 0.717) is 5.82 Å². The van der Waals surface area contributed by atoms with Gasteiger partial charge in [-0.15, -0.1) is 10.2 Å². The number of hydrogen-bond acceptors (Lipinski definition) is 4. The van der Waals surface area contributed by atoms with Gasteiger partial charge in [0.05, 0.1) is 0 Å². The second-order valence-electron chi connectivity index (χ2n) is 5.34. The molecule has 0 atom stereocenters. The minimum atomic E-state index is -0.545. The quantitative estimate of drug-likeness (QED) is 0.852. The van der Waals surface area contributed by atoms with E-state index < -0.39 is 5.91 Å². The Morgan fingerprint density at radius 2 is 1.95 bits per heavy atom. The van der Waals surface area contributed by atoms with Crippen molar-refractivity contribution in [3.8, 4) is 0 Å². The van der Waals surface area contributed by atoms with Crippen molar-refractivity contribution < 1.29 is 4.79 Å². The fourth-order valence-electron chi connectivity index (χ4n) is 2.65. The number of carbonyl (C=O) groups excluding carboxylic acids is 1. The summed E-state index contributed by atoms with van der Waals surface area (Å²) in [5.41, 5.74) is 5.32. The number of amides is 1. The molecule has 1 fully saturated rings. The summed E-state index contributed by atoms with van der Waals surface area (Å²) >= 11 is 0. The molecule has 1 aliphatic rings. The Kier molecular flexibility index (Phi) is 4.71. The molecule has 0 unspecified atom stereocenters. The third kappa shape index (κ3) is 3.91. The molecule has 0 bridgehead atoms. The first-order valence-corrected chi connectivity index (χ1v) is 7.06. The van der Waals surface area contributed by atoms with E-state index in [1.54, 1.807) is 12.1 Å². The molecule has 0 aromatic carbocycles. The summed E-state index contributed by atoms with van der Waals surface area (Å²) in [6.07, 6.45) is 6.57. The molecular weight excluding hydrogens is 240 g/mol. The molecule has 1 aromatic heterocycles. The first-order valence-electron chi connectivity index (χ1n) is 7.06. The number of aromatic nitrogens is 2. The lowest BCUT2D eigenvalue weighted by Crippen LogP contribution is -2.21. The Morgan fingerprint density at radius 1 is 1.26 bits per heavy atom. The van der Waals surface area contributed by atoms with Crippen LogP contribution in [0.25, 0.3) is 0 Å². The molecule has 3 N–H and O–H groups in total. The van der Waals surface area contributed by atoms with Gasteiger partial charge in [0.2, 0.25) is 0 Å². The zero-order valence-corrected chi connectivity index (χ0v) is 11.4. The third-order valence-corrected chi connectivity index (χ3v) is 4.03. The molecule has 1 aliphatic carbocycles. The lowest BCUT2D eigenvalue weighted by Gasteiger charge is -2.27. The van der Waals surface area contributed by atoms with Gasteiger partial charge in [-0.1, -0.05) is 26.2 Å². The molecule has 104 valence electrons. The van der Waals surface area contributed by atoms with Gasteiger partial charge < -0.3 is 11.1 Å². The van der Waals surface area contributed by atoms with Crippen LogP contribution in [0.4, 0.5) is 5.82 Å². The van der Waals surface area contributed by atoms with Gasteiger partial charge in [-0.3, -0.25) is 4.79 Å². The first-order chi connectivity index (χ1) is 9.19. The highest BCUT2D eigenvalue weighted by Gasteiger charge is 2.19. The highest BCUT2D eigenvalue weighted by molar-refractivity contribution is 5.90. The minimum Gasteiger partial charge on any atom is -0.368 e. The van der Waals surface area contributed by atoms with E-state index in [0.717, 1.165) is 18.4 Å². The number of rotatable bonds is 5. The van der Waals surface area contributed by atoms with Gasteiger partial charge >= 0.3 is 0 Å². The largest absolute Gasteiger partial charge is 0.368 e. The highest BCUT2D eigenvalue weighted by atomic mass is 16.1. The van der Waals surface area contributed by atoms with Crippen molar-refractivity contribution in [2.75, 3.05) is 11.9 Å². The van der Waals surface area contributed by atoms with Crippen LogP contribution in [0.15, 0.2) is 12.1 Å². The van der Waals surface area contributed by atoms with Crippen molar-refractivity contribution in [3.05, 3.63) is 17.8 Å². The Morgan fingerprint density at radius 3 is 2.47 bits per heavy atom. The Hall–Kier alpha value is -1.65. The summed E-state index contributed by atoms with van der Waals surface area (Å²) in [5, 5.41) is 11.0. The molecule has 5 heteroatoms. The van der Waals surface area contributed by atoms with E-state index in [2.05, 4.69) is 22.4 Å². The molecule has 2 rings (SSSR count). The number of nitrogens with one attached hydrogen (secondary N) is 1. The van der Waals surface area contributed by atoms with Crippen LogP contribution < -0.4 is 11.1 Å². The van der Waals surface area contributed by atoms with Crippen LogP contribution in [-0.4, -0.2) is 22.6 Å². The van der Waals surface area contributed by atoms with Crippen molar-refractivity contribution in [2.24, 2.45) is 17.6 Å². The van der Waals surface area contributed by atoms with Crippen molar-refractivity contribution in [2.45, 2.75) is 39.0 Å². The topological polar surface area (TPSA) is 80.9 Å². The summed E-state index contributed by atoms with van der Waals surface area (Å²) in [4.78, 5) is 10.9. The maximum atomic E-state index is 10.9. The summed E-state index contributed by atoms with van der Waals surface area (Å²) < 4.78 is 0. The van der Waals surface area contributed by atoms with Gasteiger partial charge in [0.1, 0.15) is 5.82 Å². The molecule has 19 heavy (non-hydrogen) atoms. The molecule has 0 radical (unpaired) electrons. The van der Waals surface area contributed by atoms with Crippen molar-refractivity contribution in [3.63, 3.8) is 0 Å². The van der Waals surface area contributed by atoms with Crippen LogP contribution in [-0.2, 0) is 0 Å². The second kappa shape index (κ2) is 6.50. The number of carbonyl (C=O) groups is 1. The zero-order chi connectivity index (χ0) is 13.7. The molecule has 1 aromatic rings. The van der Waals surface area contributed by atoms with Crippen molar-refractivity contribution in [1.29, 1.82) is 0 Å². The number of primary amides is 1. The first kappa shape index (κ1) is 13.8. The maximum Gasteiger partial charge on any atom is 0.269 e. The molecule has 5 nitrogen and oxygen atoms in total. The average molecular weight is 262 g/mol. The van der Waals surface area contributed by atoms with E-state index in [1.165, 1.54) is 32.1 Å². The Labute approximate surface area is 114 Å². The number of nitrogens with zero attached hydrogens (tertiary/aromatic N) is 2. The van der Waals surface area contributed by atoms with Crippen LogP contribution in [0.5, 0.6) is 0 Å². The molecule has 0 spiro atoms. The number of anilines is 1. The lowest BCUT2D eigenvalue weighted by atomic mass is 9.81. The summed E-state index contributed by atoms with van der Waals surface area (Å²) in [7, 11) is 0. The van der Waals surface area contributed by atoms with E-state index >= 15 is 0 Å². The monoisotopic (exact) mass is 262 g/mol. The van der Waals surface area contributed by atoms with Gasteiger partial charge in [0.25, 0.3) is 5.91 Å². The zero-order valence-electron chi connectivity index (χ0n) is 11.4. The number of hydrogen-bond donors (Lipinski definition) is 2. The molecule has 1 amide bonds. The molecule has 1 heterocycles. The van der Waals surface area contributed by atoms with E-state index in [9.17, 15) is 4.79 Å². The standard InChI is InChI=1S/C14H22N4O/c1-2-10-3-5-11(6-4-10)9-16-13-8-7-12(14(15)19)17-18-13/h7-8,10-11H,2-6,9H2,1H3,(H2,15,19)(H,16,18). The normalized spacial score (nSPS) is 23.0. The molecule has 0 aliphatic heterocycles. The van der Waals surface area contributed by atoms with Gasteiger partial charge in [0, 0.05) is 6.54 Å². The van der Waals surface area contributed by atoms with Crippen LogP contribution >= 0.6 is 0 Å². The highest BCUT2D eigenvalue weighted by Crippen LogP contribution is 2.30. The van der Waals surface area contributed by atoms with E-state index in [4.69, 9.17) is 5.73 Å². The van der Waals surface area contributed by atoms with Crippen LogP contribution in [0.2, 0.25) is 0 Å². The summed E-state index contributed by atoms with van der Waals surface area (Å²) in [6, 6.07) is 3.36.